The van der Waals surface area contributed by atoms with Crippen LogP contribution in [0.3, 0.4) is 0 Å². The van der Waals surface area contributed by atoms with Gasteiger partial charge in [-0.25, -0.2) is 14.0 Å². The van der Waals surface area contributed by atoms with Gasteiger partial charge in [-0.3, -0.25) is 10.1 Å². The van der Waals surface area contributed by atoms with E-state index in [0.29, 0.717) is 5.56 Å². The number of benzene rings is 2. The van der Waals surface area contributed by atoms with Crippen LogP contribution in [0.4, 0.5) is 14.9 Å². The standard InChI is InChI=1S/C21H23FN2O6/c1-13(23-20(26)30-21(2,3)4)18(14-5-9-16(22)10-6-14)29-19(25)15-7-11-17(12-8-15)24(27)28/h5-13,18H,1-4H3,(H,23,26)/t13-,18+/m0/s1. The molecule has 0 aliphatic rings. The van der Waals surface area contributed by atoms with Crippen molar-refractivity contribution in [1.82, 2.24) is 5.32 Å². The van der Waals surface area contributed by atoms with Crippen molar-refractivity contribution in [2.45, 2.75) is 45.4 Å². The van der Waals surface area contributed by atoms with Crippen LogP contribution in [-0.2, 0) is 9.47 Å². The number of halogens is 1. The summed E-state index contributed by atoms with van der Waals surface area (Å²) >= 11 is 0. The smallest absolute Gasteiger partial charge is 0.408 e. The lowest BCUT2D eigenvalue weighted by atomic mass is 10.0. The first-order valence-corrected chi connectivity index (χ1v) is 9.16. The van der Waals surface area contributed by atoms with E-state index in [4.69, 9.17) is 9.47 Å². The zero-order chi connectivity index (χ0) is 22.5. The molecule has 0 bridgehead atoms. The van der Waals surface area contributed by atoms with Crippen LogP contribution in [0.15, 0.2) is 48.5 Å². The summed E-state index contributed by atoms with van der Waals surface area (Å²) in [6.45, 7) is 6.75. The number of hydrogen-bond acceptors (Lipinski definition) is 6. The van der Waals surface area contributed by atoms with Crippen LogP contribution in [0, 0.1) is 15.9 Å². The van der Waals surface area contributed by atoms with E-state index in [0.717, 1.165) is 0 Å². The zero-order valence-electron chi connectivity index (χ0n) is 17.0. The SMILES string of the molecule is C[C@H](NC(=O)OC(C)(C)C)[C@@H](OC(=O)c1ccc([N+](=O)[O-])cc1)c1ccc(F)cc1. The summed E-state index contributed by atoms with van der Waals surface area (Å²) in [7, 11) is 0. The van der Waals surface area contributed by atoms with E-state index >= 15 is 0 Å². The Bertz CT molecular complexity index is 907. The number of ether oxygens (including phenoxy) is 2. The molecule has 9 heteroatoms. The molecule has 2 aromatic carbocycles. The average Bonchev–Trinajstić information content (AvgIpc) is 2.65. The molecule has 2 rings (SSSR count). The number of nitrogens with zero attached hydrogens (tertiary/aromatic N) is 1. The molecule has 2 atom stereocenters. The highest BCUT2D eigenvalue weighted by Crippen LogP contribution is 2.24. The Hall–Kier alpha value is -3.49. The van der Waals surface area contributed by atoms with Gasteiger partial charge >= 0.3 is 12.1 Å². The van der Waals surface area contributed by atoms with Crippen LogP contribution in [0.2, 0.25) is 0 Å². The van der Waals surface area contributed by atoms with Crippen molar-refractivity contribution in [2.24, 2.45) is 0 Å². The fraction of sp³-hybridized carbons (Fsp3) is 0.333. The van der Waals surface area contributed by atoms with Gasteiger partial charge in [0.15, 0.2) is 0 Å². The Balaban J connectivity index is 2.22. The maximum absolute atomic E-state index is 13.3. The predicted molar refractivity (Wildman–Crippen MR) is 106 cm³/mol. The monoisotopic (exact) mass is 418 g/mol. The molecule has 0 radical (unpaired) electrons. The number of nitro benzene ring substituents is 1. The van der Waals surface area contributed by atoms with E-state index in [2.05, 4.69) is 5.32 Å². The van der Waals surface area contributed by atoms with Crippen molar-refractivity contribution in [2.75, 3.05) is 0 Å². The van der Waals surface area contributed by atoms with E-state index in [1.54, 1.807) is 27.7 Å². The molecule has 1 amide bonds. The number of nitro groups is 1. The Kier molecular flexibility index (Phi) is 7.10. The Morgan fingerprint density at radius 1 is 1.07 bits per heavy atom. The zero-order valence-corrected chi connectivity index (χ0v) is 17.0. The third-order valence-corrected chi connectivity index (χ3v) is 3.94. The van der Waals surface area contributed by atoms with E-state index in [-0.39, 0.29) is 11.3 Å². The van der Waals surface area contributed by atoms with E-state index in [1.165, 1.54) is 48.5 Å². The summed E-state index contributed by atoms with van der Waals surface area (Å²) in [6.07, 6.45) is -1.66. The van der Waals surface area contributed by atoms with Gasteiger partial charge in [0.1, 0.15) is 17.5 Å². The van der Waals surface area contributed by atoms with E-state index in [1.807, 2.05) is 0 Å². The van der Waals surface area contributed by atoms with E-state index in [9.17, 15) is 24.1 Å². The number of non-ortho nitro benzene ring substituents is 1. The molecule has 0 saturated heterocycles. The van der Waals surface area contributed by atoms with Crippen molar-refractivity contribution < 1.29 is 28.4 Å². The average molecular weight is 418 g/mol. The van der Waals surface area contributed by atoms with Crippen molar-refractivity contribution in [3.8, 4) is 0 Å². The molecular formula is C21H23FN2O6. The molecule has 0 aliphatic carbocycles. The van der Waals surface area contributed by atoms with Gasteiger partial charge in [0, 0.05) is 12.1 Å². The fourth-order valence-corrected chi connectivity index (χ4v) is 2.58. The summed E-state index contributed by atoms with van der Waals surface area (Å²) in [4.78, 5) is 34.9. The van der Waals surface area contributed by atoms with Gasteiger partial charge in [-0.15, -0.1) is 0 Å². The molecule has 0 fully saturated rings. The molecular weight excluding hydrogens is 395 g/mol. The highest BCUT2D eigenvalue weighted by atomic mass is 19.1. The molecule has 2 aromatic rings. The molecule has 1 N–H and O–H groups in total. The van der Waals surface area contributed by atoms with Crippen LogP contribution < -0.4 is 5.32 Å². The second-order valence-electron chi connectivity index (χ2n) is 7.62. The van der Waals surface area contributed by atoms with Gasteiger partial charge in [0.2, 0.25) is 0 Å². The molecule has 0 unspecified atom stereocenters. The highest BCUT2D eigenvalue weighted by molar-refractivity contribution is 5.89. The number of carbonyl (C=O) groups excluding carboxylic acids is 2. The minimum atomic E-state index is -0.958. The van der Waals surface area contributed by atoms with Gasteiger partial charge in [0.05, 0.1) is 16.5 Å². The number of esters is 1. The second kappa shape index (κ2) is 9.34. The Morgan fingerprint density at radius 2 is 1.63 bits per heavy atom. The first-order valence-electron chi connectivity index (χ1n) is 9.16. The number of amides is 1. The summed E-state index contributed by atoms with van der Waals surface area (Å²) in [6, 6.07) is 9.50. The van der Waals surface area contributed by atoms with Gasteiger partial charge in [-0.05, 0) is 57.5 Å². The predicted octanol–water partition coefficient (Wildman–Crippen LogP) is 4.55. The highest BCUT2D eigenvalue weighted by Gasteiger charge is 2.28. The minimum absolute atomic E-state index is 0.0946. The van der Waals surface area contributed by atoms with Gasteiger partial charge in [0.25, 0.3) is 5.69 Å². The maximum Gasteiger partial charge on any atom is 0.408 e. The van der Waals surface area contributed by atoms with Crippen molar-refractivity contribution >= 4 is 17.7 Å². The van der Waals surface area contributed by atoms with Crippen LogP contribution in [-0.4, -0.2) is 28.6 Å². The van der Waals surface area contributed by atoms with Crippen molar-refractivity contribution in [1.29, 1.82) is 0 Å². The lowest BCUT2D eigenvalue weighted by Gasteiger charge is -2.27. The quantitative estimate of drug-likeness (QED) is 0.419. The Labute approximate surface area is 173 Å². The summed E-state index contributed by atoms with van der Waals surface area (Å²) in [5, 5.41) is 13.4. The van der Waals surface area contributed by atoms with Crippen molar-refractivity contribution in [3.05, 3.63) is 75.6 Å². The Morgan fingerprint density at radius 3 is 2.13 bits per heavy atom. The van der Waals surface area contributed by atoms with E-state index < -0.39 is 40.5 Å². The normalized spacial score (nSPS) is 13.1. The first-order chi connectivity index (χ1) is 14.0. The first kappa shape index (κ1) is 22.8. The summed E-state index contributed by atoms with van der Waals surface area (Å²) < 4.78 is 24.1. The molecule has 0 spiro atoms. The minimum Gasteiger partial charge on any atom is -0.452 e. The van der Waals surface area contributed by atoms with Gasteiger partial charge < -0.3 is 14.8 Å². The molecule has 0 aliphatic heterocycles. The molecule has 8 nitrogen and oxygen atoms in total. The van der Waals surface area contributed by atoms with Crippen molar-refractivity contribution in [3.63, 3.8) is 0 Å². The lowest BCUT2D eigenvalue weighted by molar-refractivity contribution is -0.384. The number of nitrogens with one attached hydrogen (secondary N) is 1. The molecule has 0 saturated carbocycles. The van der Waals surface area contributed by atoms with Gasteiger partial charge in [-0.1, -0.05) is 12.1 Å². The fourth-order valence-electron chi connectivity index (χ4n) is 2.58. The number of hydrogen-bond donors (Lipinski definition) is 1. The molecule has 160 valence electrons. The number of rotatable bonds is 6. The molecule has 0 heterocycles. The summed E-state index contributed by atoms with van der Waals surface area (Å²) in [5.41, 5.74) is -0.334. The summed E-state index contributed by atoms with van der Waals surface area (Å²) in [5.74, 6) is -1.22. The van der Waals surface area contributed by atoms with Crippen LogP contribution in [0.1, 0.15) is 49.7 Å². The maximum atomic E-state index is 13.3. The topological polar surface area (TPSA) is 108 Å². The molecule has 30 heavy (non-hydrogen) atoms. The van der Waals surface area contributed by atoms with Crippen LogP contribution >= 0.6 is 0 Å². The second-order valence-corrected chi connectivity index (χ2v) is 7.62. The third kappa shape index (κ3) is 6.54. The van der Waals surface area contributed by atoms with Crippen LogP contribution in [0.5, 0.6) is 0 Å². The largest absolute Gasteiger partial charge is 0.452 e. The lowest BCUT2D eigenvalue weighted by Crippen LogP contribution is -2.41. The number of carbonyl (C=O) groups is 2. The third-order valence-electron chi connectivity index (χ3n) is 3.94. The van der Waals surface area contributed by atoms with Gasteiger partial charge in [-0.2, -0.15) is 0 Å². The molecule has 0 aromatic heterocycles. The van der Waals surface area contributed by atoms with Crippen LogP contribution in [0.25, 0.3) is 0 Å². The number of alkyl carbamates (subject to hydrolysis) is 1.